The van der Waals surface area contributed by atoms with E-state index in [1.165, 1.54) is 29.2 Å². The van der Waals surface area contributed by atoms with E-state index in [4.69, 9.17) is 0 Å². The van der Waals surface area contributed by atoms with E-state index in [1.54, 1.807) is 24.0 Å². The molecule has 3 atom stereocenters. The Hall–Kier alpha value is -3.24. The molecular formula is C31H34F6N2O3. The van der Waals surface area contributed by atoms with Crippen LogP contribution in [0.2, 0.25) is 0 Å². The largest absolute Gasteiger partial charge is 0.481 e. The molecule has 0 bridgehead atoms. The molecule has 0 spiro atoms. The number of hydrogen-bond acceptors (Lipinski definition) is 3. The lowest BCUT2D eigenvalue weighted by atomic mass is 9.66. The highest BCUT2D eigenvalue weighted by molar-refractivity contribution is 5.87. The highest BCUT2D eigenvalue weighted by atomic mass is 19.4. The molecule has 11 heteroatoms. The summed E-state index contributed by atoms with van der Waals surface area (Å²) in [6.07, 6.45) is -4.78. The van der Waals surface area contributed by atoms with Crippen LogP contribution in [0.3, 0.4) is 0 Å². The Morgan fingerprint density at radius 3 is 2.24 bits per heavy atom. The van der Waals surface area contributed by atoms with E-state index in [1.807, 2.05) is 0 Å². The van der Waals surface area contributed by atoms with Crippen molar-refractivity contribution in [2.75, 3.05) is 24.5 Å². The number of carbonyl (C=O) groups is 2. The Bertz CT molecular complexity index is 1350. The first kappa shape index (κ1) is 30.2. The van der Waals surface area contributed by atoms with Crippen LogP contribution in [-0.4, -0.2) is 59.4 Å². The third-order valence-electron chi connectivity index (χ3n) is 9.74. The Labute approximate surface area is 240 Å². The first-order valence-electron chi connectivity index (χ1n) is 14.3. The number of nitrogens with zero attached hydrogens (tertiary/aromatic N) is 2. The summed E-state index contributed by atoms with van der Waals surface area (Å²) in [5.41, 5.74) is -5.41. The van der Waals surface area contributed by atoms with Crippen molar-refractivity contribution in [2.45, 2.75) is 81.3 Å². The van der Waals surface area contributed by atoms with Crippen molar-refractivity contribution in [3.05, 3.63) is 65.0 Å². The van der Waals surface area contributed by atoms with E-state index in [9.17, 15) is 32.3 Å². The minimum absolute atomic E-state index is 0.0463. The van der Waals surface area contributed by atoms with Gasteiger partial charge < -0.3 is 14.9 Å². The maximum absolute atomic E-state index is 16.2. The Morgan fingerprint density at radius 2 is 1.67 bits per heavy atom. The molecule has 0 aromatic heterocycles. The van der Waals surface area contributed by atoms with Crippen LogP contribution < -0.4 is 4.90 Å². The van der Waals surface area contributed by atoms with E-state index in [-0.39, 0.29) is 38.8 Å². The van der Waals surface area contributed by atoms with Crippen LogP contribution in [0, 0.1) is 11.7 Å². The number of anilines is 1. The number of aliphatic carboxylic acids is 1. The van der Waals surface area contributed by atoms with Gasteiger partial charge >= 0.3 is 12.1 Å². The summed E-state index contributed by atoms with van der Waals surface area (Å²) in [4.78, 5) is 28.6. The molecule has 1 N–H and O–H groups in total. The summed E-state index contributed by atoms with van der Waals surface area (Å²) in [6, 6.07) is 9.10. The van der Waals surface area contributed by atoms with Crippen LogP contribution in [0.25, 0.3) is 0 Å². The summed E-state index contributed by atoms with van der Waals surface area (Å²) in [5.74, 6) is -2.86. The fraction of sp³-hybridized carbons (Fsp3) is 0.548. The van der Waals surface area contributed by atoms with Gasteiger partial charge in [-0.1, -0.05) is 24.3 Å². The zero-order valence-electron chi connectivity index (χ0n) is 23.5. The molecule has 42 heavy (non-hydrogen) atoms. The molecule has 1 aliphatic carbocycles. The topological polar surface area (TPSA) is 60.9 Å². The van der Waals surface area contributed by atoms with Crippen molar-refractivity contribution in [3.8, 4) is 0 Å². The lowest BCUT2D eigenvalue weighted by Gasteiger charge is -2.49. The van der Waals surface area contributed by atoms with Gasteiger partial charge in [-0.3, -0.25) is 9.59 Å². The minimum atomic E-state index is -5.13. The molecule has 228 valence electrons. The standard InChI is InChI=1S/C31H34F6N2O3/c1-3-38-18-25-29(17-19-4-7-22(32)8-5-19,23-9-6-21(16-24(23)38)28(2,33)31(35,36)37)14-15-39(25)27(42)30(34)12-10-20(11-13-30)26(40)41/h4-9,16,20,25H,3,10-15,17-18H2,1-2H3,(H,40,41). The van der Waals surface area contributed by atoms with Gasteiger partial charge in [0.25, 0.3) is 5.91 Å². The van der Waals surface area contributed by atoms with Gasteiger partial charge in [0.2, 0.25) is 5.67 Å². The third-order valence-corrected chi connectivity index (χ3v) is 9.74. The number of fused-ring (bicyclic) bond motifs is 3. The van der Waals surface area contributed by atoms with Crippen molar-refractivity contribution in [1.29, 1.82) is 0 Å². The molecule has 2 aromatic carbocycles. The molecule has 5 rings (SSSR count). The molecule has 2 fully saturated rings. The van der Waals surface area contributed by atoms with Crippen molar-refractivity contribution in [2.24, 2.45) is 5.92 Å². The number of rotatable bonds is 6. The number of carboxylic acids is 1. The number of carbonyl (C=O) groups excluding carboxylic acids is 1. The molecule has 3 unspecified atom stereocenters. The van der Waals surface area contributed by atoms with Crippen LogP contribution in [0.1, 0.15) is 62.6 Å². The first-order chi connectivity index (χ1) is 19.6. The molecule has 1 saturated carbocycles. The van der Waals surface area contributed by atoms with Gasteiger partial charge in [0.05, 0.1) is 12.0 Å². The smallest absolute Gasteiger partial charge is 0.426 e. The highest BCUT2D eigenvalue weighted by Gasteiger charge is 2.59. The van der Waals surface area contributed by atoms with E-state index in [0.29, 0.717) is 37.6 Å². The van der Waals surface area contributed by atoms with Gasteiger partial charge in [-0.05, 0) is 81.7 Å². The molecule has 2 aromatic rings. The van der Waals surface area contributed by atoms with Crippen LogP contribution in [-0.2, 0) is 27.1 Å². The molecule has 1 saturated heterocycles. The summed E-state index contributed by atoms with van der Waals surface area (Å²) >= 11 is 0. The lowest BCUT2D eigenvalue weighted by molar-refractivity contribution is -0.228. The number of alkyl halides is 5. The lowest BCUT2D eigenvalue weighted by Crippen LogP contribution is -2.59. The summed E-state index contributed by atoms with van der Waals surface area (Å²) < 4.78 is 85.9. The fourth-order valence-corrected chi connectivity index (χ4v) is 7.11. The average Bonchev–Trinajstić information content (AvgIpc) is 3.31. The van der Waals surface area contributed by atoms with E-state index >= 15 is 8.78 Å². The molecule has 3 aliphatic rings. The number of benzene rings is 2. The van der Waals surface area contributed by atoms with Crippen LogP contribution >= 0.6 is 0 Å². The van der Waals surface area contributed by atoms with Gasteiger partial charge in [0.15, 0.2) is 5.67 Å². The van der Waals surface area contributed by atoms with E-state index in [2.05, 4.69) is 0 Å². The Kier molecular flexibility index (Phi) is 7.55. The average molecular weight is 597 g/mol. The number of hydrogen-bond donors (Lipinski definition) is 1. The molecular weight excluding hydrogens is 562 g/mol. The first-order valence-corrected chi connectivity index (χ1v) is 14.3. The second-order valence-electron chi connectivity index (χ2n) is 12.1. The van der Waals surface area contributed by atoms with Gasteiger partial charge in [-0.15, -0.1) is 0 Å². The number of likely N-dealkylation sites (N-methyl/N-ethyl adjacent to an activating group) is 1. The second-order valence-corrected chi connectivity index (χ2v) is 12.1. The number of halogens is 6. The van der Waals surface area contributed by atoms with Crippen molar-refractivity contribution in [1.82, 2.24) is 4.90 Å². The Morgan fingerprint density at radius 1 is 1.02 bits per heavy atom. The number of likely N-dealkylation sites (tertiary alicyclic amines) is 1. The van der Waals surface area contributed by atoms with Crippen molar-refractivity contribution in [3.63, 3.8) is 0 Å². The third kappa shape index (κ3) is 4.92. The zero-order chi connectivity index (χ0) is 30.7. The number of carboxylic acid groups (broad SMARTS) is 1. The second kappa shape index (κ2) is 10.5. The normalized spacial score (nSPS) is 29.0. The molecule has 2 aliphatic heterocycles. The van der Waals surface area contributed by atoms with Gasteiger partial charge in [0.1, 0.15) is 5.82 Å². The van der Waals surface area contributed by atoms with E-state index < -0.39 is 58.1 Å². The summed E-state index contributed by atoms with van der Waals surface area (Å²) in [6.45, 7) is 2.99. The predicted octanol–water partition coefficient (Wildman–Crippen LogP) is 6.48. The van der Waals surface area contributed by atoms with Gasteiger partial charge in [0, 0.05) is 36.3 Å². The SMILES string of the molecule is CCN1CC2N(C(=O)C3(F)CCC(C(=O)O)CC3)CCC2(Cc2ccc(F)cc2)c2ccc(C(C)(F)C(F)(F)F)cc21. The molecule has 5 nitrogen and oxygen atoms in total. The predicted molar refractivity (Wildman–Crippen MR) is 144 cm³/mol. The highest BCUT2D eigenvalue weighted by Crippen LogP contribution is 2.53. The zero-order valence-corrected chi connectivity index (χ0v) is 23.5. The maximum Gasteiger partial charge on any atom is 0.426 e. The Balaban J connectivity index is 1.58. The molecule has 0 radical (unpaired) electrons. The van der Waals surface area contributed by atoms with Gasteiger partial charge in [-0.2, -0.15) is 13.2 Å². The summed E-state index contributed by atoms with van der Waals surface area (Å²) in [5, 5.41) is 9.34. The van der Waals surface area contributed by atoms with Gasteiger partial charge in [-0.25, -0.2) is 13.2 Å². The van der Waals surface area contributed by atoms with Crippen molar-refractivity contribution >= 4 is 17.6 Å². The fourth-order valence-electron chi connectivity index (χ4n) is 7.11. The van der Waals surface area contributed by atoms with E-state index in [0.717, 1.165) is 11.6 Å². The number of amides is 1. The molecule has 1 amide bonds. The quantitative estimate of drug-likeness (QED) is 0.388. The minimum Gasteiger partial charge on any atom is -0.481 e. The molecule has 2 heterocycles. The van der Waals surface area contributed by atoms with Crippen molar-refractivity contribution < 1.29 is 41.0 Å². The monoisotopic (exact) mass is 596 g/mol. The van der Waals surface area contributed by atoms with Crippen LogP contribution in [0.4, 0.5) is 32.0 Å². The van der Waals surface area contributed by atoms with Crippen LogP contribution in [0.5, 0.6) is 0 Å². The maximum atomic E-state index is 16.2. The van der Waals surface area contributed by atoms with Crippen LogP contribution in [0.15, 0.2) is 42.5 Å². The summed E-state index contributed by atoms with van der Waals surface area (Å²) in [7, 11) is 0.